The normalized spacial score (nSPS) is 17.6. The summed E-state index contributed by atoms with van der Waals surface area (Å²) in [6, 6.07) is 18.6. The van der Waals surface area contributed by atoms with Crippen LogP contribution in [0, 0.1) is 0 Å². The molecule has 40 heavy (non-hydrogen) atoms. The molecule has 10 heteroatoms. The van der Waals surface area contributed by atoms with Crippen LogP contribution >= 0.6 is 0 Å². The summed E-state index contributed by atoms with van der Waals surface area (Å²) in [4.78, 5) is 32.1. The first-order valence-electron chi connectivity index (χ1n) is 13.2. The third-order valence-electron chi connectivity index (χ3n) is 6.78. The van der Waals surface area contributed by atoms with E-state index >= 15 is 4.39 Å². The maximum absolute atomic E-state index is 15.9. The van der Waals surface area contributed by atoms with Crippen LogP contribution in [0.1, 0.15) is 49.4 Å². The fourth-order valence-corrected chi connectivity index (χ4v) is 4.54. The van der Waals surface area contributed by atoms with Crippen molar-refractivity contribution >= 4 is 17.5 Å². The number of esters is 1. The minimum atomic E-state index is -2.21. The maximum atomic E-state index is 15.9. The number of carbonyl (C=O) groups is 1. The monoisotopic (exact) mass is 542 g/mol. The van der Waals surface area contributed by atoms with E-state index in [0.29, 0.717) is 28.6 Å². The second kappa shape index (κ2) is 11.7. The molecule has 2 aromatic heterocycles. The van der Waals surface area contributed by atoms with E-state index in [-0.39, 0.29) is 32.0 Å². The first kappa shape index (κ1) is 27.1. The molecule has 0 spiro atoms. The van der Waals surface area contributed by atoms with Crippen molar-refractivity contribution in [2.75, 3.05) is 23.3 Å². The molecule has 4 aromatic rings. The van der Waals surface area contributed by atoms with E-state index in [9.17, 15) is 9.90 Å². The Balaban J connectivity index is 1.41. The van der Waals surface area contributed by atoms with Gasteiger partial charge in [-0.2, -0.15) is 0 Å². The molecule has 1 aliphatic heterocycles. The molecule has 2 atom stereocenters. The molecule has 9 nitrogen and oxygen atoms in total. The summed E-state index contributed by atoms with van der Waals surface area (Å²) in [6.07, 6.45) is 3.27. The Labute approximate surface area is 232 Å². The van der Waals surface area contributed by atoms with Gasteiger partial charge in [-0.05, 0) is 5.56 Å². The molecule has 0 radical (unpaired) electrons. The zero-order valence-corrected chi connectivity index (χ0v) is 22.4. The first-order chi connectivity index (χ1) is 19.3. The van der Waals surface area contributed by atoms with Gasteiger partial charge >= 0.3 is 5.97 Å². The van der Waals surface area contributed by atoms with E-state index < -0.39 is 17.9 Å². The highest BCUT2D eigenvalue weighted by atomic mass is 19.1. The SMILES string of the molecule is CC(C)c1ncc(C(O)Nc2c(-c3ccccc3)ncnc2N2CCC(F)(C(=O)OCc3ccccc3)C2)cn1. The summed E-state index contributed by atoms with van der Waals surface area (Å²) >= 11 is 0. The van der Waals surface area contributed by atoms with Crippen LogP contribution in [0.15, 0.2) is 79.4 Å². The summed E-state index contributed by atoms with van der Waals surface area (Å²) in [5.41, 5.74) is 0.722. The number of anilines is 2. The number of ether oxygens (including phenoxy) is 1. The number of aliphatic hydroxyl groups excluding tert-OH is 1. The Morgan fingerprint density at radius 3 is 2.40 bits per heavy atom. The van der Waals surface area contributed by atoms with E-state index in [4.69, 9.17) is 4.74 Å². The van der Waals surface area contributed by atoms with Crippen LogP contribution in [0.3, 0.4) is 0 Å². The largest absolute Gasteiger partial charge is 0.458 e. The average Bonchev–Trinajstić information content (AvgIpc) is 3.40. The van der Waals surface area contributed by atoms with Gasteiger partial charge in [0.05, 0.1) is 12.2 Å². The van der Waals surface area contributed by atoms with Gasteiger partial charge in [-0.1, -0.05) is 74.5 Å². The van der Waals surface area contributed by atoms with Crippen LogP contribution < -0.4 is 10.2 Å². The second-order valence-electron chi connectivity index (χ2n) is 10.1. The van der Waals surface area contributed by atoms with Crippen LogP contribution in [-0.4, -0.2) is 49.8 Å². The standard InChI is InChI=1S/C30H31FN6O3/c1-20(2)26-32-15-23(16-33-26)28(38)36-25-24(22-11-7-4-8-12-22)34-19-35-27(25)37-14-13-30(31,18-37)29(39)40-17-21-9-5-3-6-10-21/h3-12,15-16,19-20,28,36,38H,13-14,17-18H2,1-2H3. The van der Waals surface area contributed by atoms with Crippen LogP contribution in [0.4, 0.5) is 15.9 Å². The number of aliphatic hydroxyl groups is 1. The van der Waals surface area contributed by atoms with Crippen LogP contribution in [-0.2, 0) is 16.1 Å². The fraction of sp³-hybridized carbons (Fsp3) is 0.300. The third-order valence-corrected chi connectivity index (χ3v) is 6.78. The number of halogens is 1. The van der Waals surface area contributed by atoms with Crippen molar-refractivity contribution in [1.29, 1.82) is 0 Å². The van der Waals surface area contributed by atoms with Crippen molar-refractivity contribution in [2.45, 2.75) is 44.7 Å². The van der Waals surface area contributed by atoms with Crippen molar-refractivity contribution < 1.29 is 19.0 Å². The predicted octanol–water partition coefficient (Wildman–Crippen LogP) is 4.82. The molecule has 0 amide bonds. The lowest BCUT2D eigenvalue weighted by atomic mass is 10.1. The van der Waals surface area contributed by atoms with Gasteiger partial charge in [-0.15, -0.1) is 0 Å². The molecule has 206 valence electrons. The van der Waals surface area contributed by atoms with Crippen LogP contribution in [0.2, 0.25) is 0 Å². The molecule has 2 aromatic carbocycles. The summed E-state index contributed by atoms with van der Waals surface area (Å²) in [5.74, 6) is 0.268. The van der Waals surface area contributed by atoms with Gasteiger partial charge in [-0.3, -0.25) is 0 Å². The molecule has 5 rings (SSSR count). The number of carbonyl (C=O) groups excluding carboxylic acids is 1. The zero-order chi connectivity index (χ0) is 28.1. The number of nitrogens with one attached hydrogen (secondary N) is 1. The van der Waals surface area contributed by atoms with Crippen LogP contribution in [0.5, 0.6) is 0 Å². The Kier molecular flexibility index (Phi) is 7.97. The van der Waals surface area contributed by atoms with Gasteiger partial charge in [0, 0.05) is 42.4 Å². The van der Waals surface area contributed by atoms with Crippen LogP contribution in [0.25, 0.3) is 11.3 Å². The quantitative estimate of drug-likeness (QED) is 0.227. The molecule has 1 aliphatic rings. The lowest BCUT2D eigenvalue weighted by molar-refractivity contribution is -0.157. The third kappa shape index (κ3) is 5.91. The van der Waals surface area contributed by atoms with Crippen molar-refractivity contribution in [3.63, 3.8) is 0 Å². The van der Waals surface area contributed by atoms with Crippen molar-refractivity contribution in [3.8, 4) is 11.3 Å². The Morgan fingerprint density at radius 2 is 1.73 bits per heavy atom. The molecule has 0 aliphatic carbocycles. The summed E-state index contributed by atoms with van der Waals surface area (Å²) in [6.45, 7) is 3.94. The Morgan fingerprint density at radius 1 is 1.05 bits per heavy atom. The topological polar surface area (TPSA) is 113 Å². The minimum Gasteiger partial charge on any atom is -0.458 e. The number of hydrogen-bond acceptors (Lipinski definition) is 9. The van der Waals surface area contributed by atoms with Gasteiger partial charge in [0.15, 0.2) is 12.0 Å². The van der Waals surface area contributed by atoms with Crippen molar-refractivity contribution in [1.82, 2.24) is 19.9 Å². The fourth-order valence-electron chi connectivity index (χ4n) is 4.54. The molecule has 2 unspecified atom stereocenters. The summed E-state index contributed by atoms with van der Waals surface area (Å²) < 4.78 is 21.2. The lowest BCUT2D eigenvalue weighted by Crippen LogP contribution is -2.39. The van der Waals surface area contributed by atoms with E-state index in [2.05, 4.69) is 25.3 Å². The van der Waals surface area contributed by atoms with Gasteiger partial charge in [0.1, 0.15) is 24.4 Å². The number of aromatic nitrogens is 4. The highest BCUT2D eigenvalue weighted by Crippen LogP contribution is 2.39. The smallest absolute Gasteiger partial charge is 0.346 e. The minimum absolute atomic E-state index is 0.00628. The number of hydrogen-bond donors (Lipinski definition) is 2. The number of benzene rings is 2. The van der Waals surface area contributed by atoms with E-state index in [1.54, 1.807) is 17.3 Å². The molecule has 0 saturated carbocycles. The molecule has 0 bridgehead atoms. The molecular weight excluding hydrogens is 511 g/mol. The molecule has 2 N–H and O–H groups in total. The molecule has 1 saturated heterocycles. The number of alkyl halides is 1. The molecule has 3 heterocycles. The van der Waals surface area contributed by atoms with E-state index in [0.717, 1.165) is 11.1 Å². The zero-order valence-electron chi connectivity index (χ0n) is 22.4. The van der Waals surface area contributed by atoms with Crippen molar-refractivity contribution in [3.05, 3.63) is 96.3 Å². The molecule has 1 fully saturated rings. The Hall–Kier alpha value is -4.44. The average molecular weight is 543 g/mol. The number of rotatable bonds is 9. The van der Waals surface area contributed by atoms with E-state index in [1.807, 2.05) is 74.5 Å². The van der Waals surface area contributed by atoms with Gasteiger partial charge in [0.2, 0.25) is 5.67 Å². The highest BCUT2D eigenvalue weighted by Gasteiger charge is 2.47. The van der Waals surface area contributed by atoms with Gasteiger partial charge in [-0.25, -0.2) is 29.1 Å². The molecular formula is C30H31FN6O3. The number of nitrogens with zero attached hydrogens (tertiary/aromatic N) is 5. The lowest BCUT2D eigenvalue weighted by Gasteiger charge is -2.25. The van der Waals surface area contributed by atoms with Gasteiger partial charge in [0.25, 0.3) is 0 Å². The summed E-state index contributed by atoms with van der Waals surface area (Å²) in [5, 5.41) is 14.2. The maximum Gasteiger partial charge on any atom is 0.346 e. The predicted molar refractivity (Wildman–Crippen MR) is 149 cm³/mol. The van der Waals surface area contributed by atoms with E-state index in [1.165, 1.54) is 6.33 Å². The highest BCUT2D eigenvalue weighted by molar-refractivity contribution is 5.85. The summed E-state index contributed by atoms with van der Waals surface area (Å²) in [7, 11) is 0. The Bertz CT molecular complexity index is 1440. The van der Waals surface area contributed by atoms with Crippen molar-refractivity contribution in [2.24, 2.45) is 0 Å². The first-order valence-corrected chi connectivity index (χ1v) is 13.2. The second-order valence-corrected chi connectivity index (χ2v) is 10.1. The van der Waals surface area contributed by atoms with Gasteiger partial charge < -0.3 is 20.1 Å².